The summed E-state index contributed by atoms with van der Waals surface area (Å²) in [6.07, 6.45) is 8.42. The van der Waals surface area contributed by atoms with E-state index in [0.29, 0.717) is 12.0 Å². The molecule has 0 unspecified atom stereocenters. The van der Waals surface area contributed by atoms with Crippen LogP contribution in [0.3, 0.4) is 0 Å². The second-order valence-corrected chi connectivity index (χ2v) is 7.72. The molecular weight excluding hydrogens is 324 g/mol. The predicted octanol–water partition coefficient (Wildman–Crippen LogP) is 5.10. The number of hydrogen-bond acceptors (Lipinski definition) is 3. The van der Waals surface area contributed by atoms with Gasteiger partial charge in [-0.1, -0.05) is 43.7 Å². The van der Waals surface area contributed by atoms with E-state index in [1.165, 1.54) is 5.56 Å². The van der Waals surface area contributed by atoms with Gasteiger partial charge in [-0.2, -0.15) is 0 Å². The third-order valence-electron chi connectivity index (χ3n) is 5.96. The maximum atomic E-state index is 13.4. The molecule has 2 atom stereocenters. The van der Waals surface area contributed by atoms with Crippen molar-refractivity contribution < 1.29 is 14.6 Å². The summed E-state index contributed by atoms with van der Waals surface area (Å²) in [5.74, 6) is 0.497. The van der Waals surface area contributed by atoms with Gasteiger partial charge in [0.15, 0.2) is 5.78 Å². The van der Waals surface area contributed by atoms with Crippen LogP contribution in [0.5, 0.6) is 0 Å². The number of aryl methyl sites for hydroxylation is 3. The summed E-state index contributed by atoms with van der Waals surface area (Å²) in [6.45, 7) is 6.30. The second kappa shape index (κ2) is 7.40. The molecule has 0 amide bonds. The standard InChI is InChI=1S/C23H30O3/c1-5-17-11-15(3)12-18(6-2)21(17)22-19(24)13-16-7-9-23(26-4,10-8-16)14-20(22)25/h7,9,11-12,16,24H,5-6,8,10,13-14H2,1-4H3/b22-19-/t16-,23-/m0/s1. The van der Waals surface area contributed by atoms with E-state index in [9.17, 15) is 9.90 Å². The molecule has 0 spiro atoms. The quantitative estimate of drug-likeness (QED) is 0.765. The molecule has 0 heterocycles. The van der Waals surface area contributed by atoms with Crippen LogP contribution in [0.15, 0.2) is 30.0 Å². The van der Waals surface area contributed by atoms with Crippen LogP contribution in [0.2, 0.25) is 0 Å². The Morgan fingerprint density at radius 3 is 2.38 bits per heavy atom. The molecular formula is C23H30O3. The summed E-state index contributed by atoms with van der Waals surface area (Å²) in [6, 6.07) is 4.29. The number of allylic oxidation sites excluding steroid dienone is 3. The molecule has 1 aromatic carbocycles. The third-order valence-corrected chi connectivity index (χ3v) is 5.96. The van der Waals surface area contributed by atoms with E-state index in [-0.39, 0.29) is 23.9 Å². The Morgan fingerprint density at radius 1 is 1.23 bits per heavy atom. The highest BCUT2D eigenvalue weighted by Gasteiger charge is 2.38. The fourth-order valence-electron chi connectivity index (χ4n) is 4.46. The van der Waals surface area contributed by atoms with Crippen molar-refractivity contribution in [2.24, 2.45) is 5.92 Å². The molecule has 1 N–H and O–H groups in total. The lowest BCUT2D eigenvalue weighted by molar-refractivity contribution is -0.118. The molecule has 0 aliphatic heterocycles. The smallest absolute Gasteiger partial charge is 0.170 e. The molecule has 3 aliphatic carbocycles. The number of aliphatic hydroxyl groups is 1. The summed E-state index contributed by atoms with van der Waals surface area (Å²) in [4.78, 5) is 13.4. The van der Waals surface area contributed by atoms with Crippen molar-refractivity contribution >= 4 is 11.4 Å². The van der Waals surface area contributed by atoms with Gasteiger partial charge < -0.3 is 9.84 Å². The highest BCUT2D eigenvalue weighted by Crippen LogP contribution is 2.40. The first-order chi connectivity index (χ1) is 12.4. The van der Waals surface area contributed by atoms with E-state index in [0.717, 1.165) is 42.4 Å². The van der Waals surface area contributed by atoms with Crippen LogP contribution in [-0.2, 0) is 22.4 Å². The van der Waals surface area contributed by atoms with Gasteiger partial charge in [-0.05, 0) is 55.2 Å². The zero-order chi connectivity index (χ0) is 18.9. The second-order valence-electron chi connectivity index (χ2n) is 7.72. The van der Waals surface area contributed by atoms with Crippen LogP contribution in [0.25, 0.3) is 5.57 Å². The molecule has 0 aromatic heterocycles. The van der Waals surface area contributed by atoms with Crippen LogP contribution in [0.4, 0.5) is 0 Å². The van der Waals surface area contributed by atoms with Crippen LogP contribution in [-0.4, -0.2) is 23.6 Å². The van der Waals surface area contributed by atoms with Crippen LogP contribution in [0, 0.1) is 12.8 Å². The van der Waals surface area contributed by atoms with E-state index in [4.69, 9.17) is 4.74 Å². The molecule has 0 fully saturated rings. The molecule has 0 radical (unpaired) electrons. The van der Waals surface area contributed by atoms with E-state index in [2.05, 4.69) is 39.0 Å². The molecule has 4 rings (SSSR count). The summed E-state index contributed by atoms with van der Waals surface area (Å²) >= 11 is 0. The predicted molar refractivity (Wildman–Crippen MR) is 105 cm³/mol. The van der Waals surface area contributed by atoms with Crippen LogP contribution in [0.1, 0.15) is 61.8 Å². The van der Waals surface area contributed by atoms with Gasteiger partial charge in [-0.15, -0.1) is 0 Å². The Morgan fingerprint density at radius 2 is 1.88 bits per heavy atom. The normalized spacial score (nSPS) is 28.8. The number of ether oxygens (including phenoxy) is 1. The molecule has 1 aromatic rings. The molecule has 0 saturated carbocycles. The SMILES string of the molecule is CCc1cc(C)cc(CC)c1/C1=C(\O)C[C@H]2C=C[C@](OC)(CC2)CC1=O. The molecule has 3 heteroatoms. The monoisotopic (exact) mass is 354 g/mol. The number of fused-ring (bicyclic) bond motifs is 4. The van der Waals surface area contributed by atoms with Gasteiger partial charge in [-0.25, -0.2) is 0 Å². The van der Waals surface area contributed by atoms with Crippen molar-refractivity contribution in [3.63, 3.8) is 0 Å². The first-order valence-electron chi connectivity index (χ1n) is 9.75. The molecule has 3 nitrogen and oxygen atoms in total. The minimum Gasteiger partial charge on any atom is -0.512 e. The van der Waals surface area contributed by atoms with Gasteiger partial charge in [0.25, 0.3) is 0 Å². The molecule has 140 valence electrons. The maximum Gasteiger partial charge on any atom is 0.170 e. The third kappa shape index (κ3) is 3.37. The molecule has 3 aliphatic rings. The number of rotatable bonds is 4. The number of hydrogen-bond donors (Lipinski definition) is 1. The van der Waals surface area contributed by atoms with E-state index < -0.39 is 5.60 Å². The molecule has 2 bridgehead atoms. The Kier molecular flexibility index (Phi) is 5.38. The van der Waals surface area contributed by atoms with Crippen molar-refractivity contribution in [2.45, 2.75) is 64.9 Å². The largest absolute Gasteiger partial charge is 0.512 e. The lowest BCUT2D eigenvalue weighted by Gasteiger charge is -2.33. The highest BCUT2D eigenvalue weighted by molar-refractivity contribution is 6.22. The van der Waals surface area contributed by atoms with E-state index in [1.54, 1.807) is 7.11 Å². The lowest BCUT2D eigenvalue weighted by Crippen LogP contribution is -2.34. The number of ketones is 1. The highest BCUT2D eigenvalue weighted by atomic mass is 16.5. The van der Waals surface area contributed by atoms with Gasteiger partial charge in [0, 0.05) is 20.0 Å². The first-order valence-corrected chi connectivity index (χ1v) is 9.75. The zero-order valence-corrected chi connectivity index (χ0v) is 16.4. The fourth-order valence-corrected chi connectivity index (χ4v) is 4.46. The van der Waals surface area contributed by atoms with Crippen LogP contribution >= 0.6 is 0 Å². The fraction of sp³-hybridized carbons (Fsp3) is 0.522. The number of carbonyl (C=O) groups is 1. The number of carbonyl (C=O) groups excluding carboxylic acids is 1. The summed E-state index contributed by atoms with van der Waals surface area (Å²) < 4.78 is 5.77. The van der Waals surface area contributed by atoms with Crippen molar-refractivity contribution in [3.05, 3.63) is 52.3 Å². The minimum absolute atomic E-state index is 0.00944. The Balaban J connectivity index is 2.19. The van der Waals surface area contributed by atoms with E-state index >= 15 is 0 Å². The van der Waals surface area contributed by atoms with Crippen molar-refractivity contribution in [3.8, 4) is 0 Å². The van der Waals surface area contributed by atoms with Gasteiger partial charge in [0.05, 0.1) is 11.2 Å². The summed E-state index contributed by atoms with van der Waals surface area (Å²) in [7, 11) is 1.68. The topological polar surface area (TPSA) is 46.5 Å². The van der Waals surface area contributed by atoms with Gasteiger partial charge >= 0.3 is 0 Å². The molecule has 26 heavy (non-hydrogen) atoms. The van der Waals surface area contributed by atoms with Gasteiger partial charge in [0.2, 0.25) is 0 Å². The zero-order valence-electron chi connectivity index (χ0n) is 16.4. The number of Topliss-reactive ketones (excluding diaryl/α,β-unsaturated/α-hetero) is 1. The first kappa shape index (κ1) is 18.9. The lowest BCUT2D eigenvalue weighted by atomic mass is 9.81. The molecule has 0 saturated heterocycles. The Hall–Kier alpha value is -1.87. The van der Waals surface area contributed by atoms with Crippen molar-refractivity contribution in [1.82, 2.24) is 0 Å². The summed E-state index contributed by atoms with van der Waals surface area (Å²) in [5, 5.41) is 11.0. The van der Waals surface area contributed by atoms with Gasteiger partial charge in [-0.3, -0.25) is 4.79 Å². The Labute approximate surface area is 156 Å². The maximum absolute atomic E-state index is 13.4. The average Bonchev–Trinajstić information content (AvgIpc) is 2.71. The number of methoxy groups -OCH3 is 1. The van der Waals surface area contributed by atoms with Crippen LogP contribution < -0.4 is 0 Å². The summed E-state index contributed by atoms with van der Waals surface area (Å²) in [5.41, 5.74) is 4.43. The Bertz CT molecular complexity index is 747. The van der Waals surface area contributed by atoms with Crippen molar-refractivity contribution in [1.29, 1.82) is 0 Å². The number of aliphatic hydroxyl groups excluding tert-OH is 1. The minimum atomic E-state index is -0.535. The van der Waals surface area contributed by atoms with E-state index in [1.807, 2.05) is 6.08 Å². The van der Waals surface area contributed by atoms with Gasteiger partial charge in [0.1, 0.15) is 5.76 Å². The van der Waals surface area contributed by atoms with Crippen molar-refractivity contribution in [2.75, 3.05) is 7.11 Å². The average molecular weight is 354 g/mol. The number of benzene rings is 1.